The predicted octanol–water partition coefficient (Wildman–Crippen LogP) is 6.68. The van der Waals surface area contributed by atoms with Crippen LogP contribution in [0.1, 0.15) is 11.1 Å². The van der Waals surface area contributed by atoms with E-state index in [2.05, 4.69) is 10.5 Å². The number of hydrazone groups is 1. The molecule has 0 saturated carbocycles. The Morgan fingerprint density at radius 1 is 0.893 bits per heavy atom. The van der Waals surface area contributed by atoms with E-state index in [0.29, 0.717) is 33.2 Å². The number of rotatable bonds is 7. The molecule has 0 saturated heterocycles. The molecule has 3 aromatic rings. The molecular weight excluding hydrogens is 419 g/mol. The number of hydrogen-bond donors (Lipinski definition) is 1. The summed E-state index contributed by atoms with van der Waals surface area (Å²) in [4.78, 5) is 0. The van der Waals surface area contributed by atoms with E-state index in [9.17, 15) is 0 Å². The fraction of sp³-hybridized carbons (Fsp3) is 0.0952. The minimum Gasteiger partial charge on any atom is -0.493 e. The van der Waals surface area contributed by atoms with Gasteiger partial charge in [0.2, 0.25) is 0 Å². The van der Waals surface area contributed by atoms with Gasteiger partial charge in [-0.05, 0) is 65.7 Å². The van der Waals surface area contributed by atoms with E-state index in [1.54, 1.807) is 37.6 Å². The normalized spacial score (nSPS) is 10.9. The molecule has 0 atom stereocenters. The second-order valence-corrected chi connectivity index (χ2v) is 7.08. The summed E-state index contributed by atoms with van der Waals surface area (Å²) in [5, 5.41) is 5.90. The van der Waals surface area contributed by atoms with Crippen LogP contribution in [0.3, 0.4) is 0 Å². The number of hydrogen-bond acceptors (Lipinski definition) is 4. The highest BCUT2D eigenvalue weighted by Crippen LogP contribution is 2.29. The minimum atomic E-state index is 0.330. The monoisotopic (exact) mass is 434 g/mol. The molecule has 0 unspecified atom stereocenters. The third-order valence-corrected chi connectivity index (χ3v) is 4.81. The largest absolute Gasteiger partial charge is 0.493 e. The SMILES string of the molecule is COc1ccc(C=NNc2ccc(Cl)cc2)cc1OCc1ccc(Cl)c(Cl)c1. The van der Waals surface area contributed by atoms with Gasteiger partial charge in [0.05, 0.1) is 29.1 Å². The van der Waals surface area contributed by atoms with Gasteiger partial charge in [-0.3, -0.25) is 5.43 Å². The lowest BCUT2D eigenvalue weighted by Crippen LogP contribution is -1.99. The molecule has 0 amide bonds. The molecule has 0 spiro atoms. The van der Waals surface area contributed by atoms with Crippen LogP contribution in [0.25, 0.3) is 0 Å². The lowest BCUT2D eigenvalue weighted by atomic mass is 10.2. The Morgan fingerprint density at radius 3 is 2.39 bits per heavy atom. The van der Waals surface area contributed by atoms with Crippen LogP contribution in [0.5, 0.6) is 11.5 Å². The standard InChI is InChI=1S/C21H17Cl3N2O2/c1-27-20-9-3-14(12-25-26-17-6-4-16(22)5-7-17)11-21(20)28-13-15-2-8-18(23)19(24)10-15/h2-12,26H,13H2,1H3. The fourth-order valence-electron chi connectivity index (χ4n) is 2.38. The van der Waals surface area contributed by atoms with Crippen LogP contribution in [0.2, 0.25) is 15.1 Å². The number of methoxy groups -OCH3 is 1. The van der Waals surface area contributed by atoms with Crippen molar-refractivity contribution in [1.82, 2.24) is 0 Å². The smallest absolute Gasteiger partial charge is 0.162 e. The zero-order valence-electron chi connectivity index (χ0n) is 15.0. The number of halogens is 3. The van der Waals surface area contributed by atoms with Crippen LogP contribution in [0, 0.1) is 0 Å². The molecule has 0 heterocycles. The fourth-order valence-corrected chi connectivity index (χ4v) is 2.83. The summed E-state index contributed by atoms with van der Waals surface area (Å²) in [6, 6.07) is 18.2. The van der Waals surface area contributed by atoms with Gasteiger partial charge in [-0.2, -0.15) is 5.10 Å². The molecule has 3 rings (SSSR count). The highest BCUT2D eigenvalue weighted by molar-refractivity contribution is 6.42. The molecule has 0 radical (unpaired) electrons. The van der Waals surface area contributed by atoms with Crippen molar-refractivity contribution in [2.75, 3.05) is 12.5 Å². The van der Waals surface area contributed by atoms with Gasteiger partial charge in [0.1, 0.15) is 6.61 Å². The molecule has 1 N–H and O–H groups in total. The Morgan fingerprint density at radius 2 is 1.68 bits per heavy atom. The first-order valence-corrected chi connectivity index (χ1v) is 9.48. The van der Waals surface area contributed by atoms with Gasteiger partial charge in [-0.25, -0.2) is 0 Å². The van der Waals surface area contributed by atoms with Gasteiger partial charge in [0, 0.05) is 5.02 Å². The Labute approximate surface area is 178 Å². The number of nitrogens with zero attached hydrogens (tertiary/aromatic N) is 1. The van der Waals surface area contributed by atoms with Crippen LogP contribution in [0.15, 0.2) is 65.8 Å². The van der Waals surface area contributed by atoms with E-state index in [1.165, 1.54) is 0 Å². The van der Waals surface area contributed by atoms with Crippen LogP contribution in [0.4, 0.5) is 5.69 Å². The summed E-state index contributed by atoms with van der Waals surface area (Å²) in [7, 11) is 1.59. The van der Waals surface area contributed by atoms with Crippen LogP contribution in [-0.4, -0.2) is 13.3 Å². The molecule has 0 aromatic heterocycles. The van der Waals surface area contributed by atoms with Crippen molar-refractivity contribution in [3.05, 3.63) is 86.9 Å². The van der Waals surface area contributed by atoms with E-state index in [0.717, 1.165) is 16.8 Å². The van der Waals surface area contributed by atoms with Gasteiger partial charge in [-0.15, -0.1) is 0 Å². The maximum atomic E-state index is 6.05. The second kappa shape index (κ2) is 9.69. The Balaban J connectivity index is 1.69. The molecule has 3 aromatic carbocycles. The van der Waals surface area contributed by atoms with Gasteiger partial charge in [-0.1, -0.05) is 40.9 Å². The average Bonchev–Trinajstić information content (AvgIpc) is 2.70. The third kappa shape index (κ3) is 5.55. The Kier molecular flexibility index (Phi) is 7.04. The molecule has 4 nitrogen and oxygen atoms in total. The van der Waals surface area contributed by atoms with E-state index in [1.807, 2.05) is 36.4 Å². The molecule has 0 aliphatic carbocycles. The van der Waals surface area contributed by atoms with Crippen LogP contribution in [-0.2, 0) is 6.61 Å². The zero-order valence-corrected chi connectivity index (χ0v) is 17.2. The number of nitrogens with one attached hydrogen (secondary N) is 1. The van der Waals surface area contributed by atoms with Crippen LogP contribution < -0.4 is 14.9 Å². The summed E-state index contributed by atoms with van der Waals surface area (Å²) in [6.45, 7) is 0.330. The summed E-state index contributed by atoms with van der Waals surface area (Å²) < 4.78 is 11.3. The topological polar surface area (TPSA) is 42.8 Å². The summed E-state index contributed by atoms with van der Waals surface area (Å²) in [5.74, 6) is 1.23. The molecule has 144 valence electrons. The van der Waals surface area contributed by atoms with Crippen molar-refractivity contribution in [2.24, 2.45) is 5.10 Å². The molecule has 0 aliphatic heterocycles. The predicted molar refractivity (Wildman–Crippen MR) is 116 cm³/mol. The summed E-state index contributed by atoms with van der Waals surface area (Å²) in [5.41, 5.74) is 5.54. The van der Waals surface area contributed by atoms with Crippen molar-refractivity contribution in [2.45, 2.75) is 6.61 Å². The number of anilines is 1. The second-order valence-electron chi connectivity index (χ2n) is 5.82. The van der Waals surface area contributed by atoms with Crippen molar-refractivity contribution in [1.29, 1.82) is 0 Å². The first-order chi connectivity index (χ1) is 13.5. The first-order valence-electron chi connectivity index (χ1n) is 8.34. The molecule has 0 fully saturated rings. The number of ether oxygens (including phenoxy) is 2. The van der Waals surface area contributed by atoms with Gasteiger partial charge in [0.25, 0.3) is 0 Å². The Bertz CT molecular complexity index is 976. The summed E-state index contributed by atoms with van der Waals surface area (Å²) in [6.07, 6.45) is 1.69. The zero-order chi connectivity index (χ0) is 19.9. The molecule has 28 heavy (non-hydrogen) atoms. The van der Waals surface area contributed by atoms with E-state index < -0.39 is 0 Å². The Hall–Kier alpha value is -2.40. The van der Waals surface area contributed by atoms with E-state index in [4.69, 9.17) is 44.3 Å². The van der Waals surface area contributed by atoms with Gasteiger partial charge >= 0.3 is 0 Å². The quantitative estimate of drug-likeness (QED) is 0.332. The molecule has 0 aliphatic rings. The highest BCUT2D eigenvalue weighted by Gasteiger charge is 2.07. The third-order valence-electron chi connectivity index (χ3n) is 3.82. The minimum absolute atomic E-state index is 0.330. The molecular formula is C21H17Cl3N2O2. The van der Waals surface area contributed by atoms with Crippen molar-refractivity contribution in [3.63, 3.8) is 0 Å². The molecule has 0 bridgehead atoms. The van der Waals surface area contributed by atoms with Crippen molar-refractivity contribution < 1.29 is 9.47 Å². The van der Waals surface area contributed by atoms with Gasteiger partial charge in [0.15, 0.2) is 11.5 Å². The van der Waals surface area contributed by atoms with E-state index >= 15 is 0 Å². The maximum Gasteiger partial charge on any atom is 0.162 e. The van der Waals surface area contributed by atoms with Gasteiger partial charge < -0.3 is 9.47 Å². The van der Waals surface area contributed by atoms with Crippen LogP contribution >= 0.6 is 34.8 Å². The lowest BCUT2D eigenvalue weighted by Gasteiger charge is -2.12. The van der Waals surface area contributed by atoms with E-state index in [-0.39, 0.29) is 0 Å². The van der Waals surface area contributed by atoms with Crippen molar-refractivity contribution in [3.8, 4) is 11.5 Å². The average molecular weight is 436 g/mol. The first kappa shape index (κ1) is 20.3. The highest BCUT2D eigenvalue weighted by atomic mass is 35.5. The lowest BCUT2D eigenvalue weighted by molar-refractivity contribution is 0.284. The molecule has 7 heteroatoms. The van der Waals surface area contributed by atoms with Crippen molar-refractivity contribution >= 4 is 46.7 Å². The maximum absolute atomic E-state index is 6.05. The summed E-state index contributed by atoms with van der Waals surface area (Å²) >= 11 is 17.9. The number of benzene rings is 3.